The van der Waals surface area contributed by atoms with Gasteiger partial charge in [-0.15, -0.1) is 0 Å². The van der Waals surface area contributed by atoms with Gasteiger partial charge in [0.2, 0.25) is 0 Å². The molecule has 168 valence electrons. The first-order chi connectivity index (χ1) is 15.8. The predicted molar refractivity (Wildman–Crippen MR) is 121 cm³/mol. The largest absolute Gasteiger partial charge is 0.329 e. The Bertz CT molecular complexity index is 1350. The average molecular weight is 447 g/mol. The molecule has 1 aromatic heterocycles. The van der Waals surface area contributed by atoms with Gasteiger partial charge in [-0.3, -0.25) is 29.7 Å². The average Bonchev–Trinajstić information content (AvgIpc) is 3.26. The summed E-state index contributed by atoms with van der Waals surface area (Å²) in [5, 5.41) is 16.4. The molecule has 10 nitrogen and oxygen atoms in total. The summed E-state index contributed by atoms with van der Waals surface area (Å²) in [5.74, 6) is -0.521. The van der Waals surface area contributed by atoms with Crippen molar-refractivity contribution in [2.24, 2.45) is 0 Å². The van der Waals surface area contributed by atoms with Gasteiger partial charge in [0.05, 0.1) is 22.7 Å². The maximum Gasteiger partial charge on any atom is 0.329 e. The number of aromatic amines is 1. The zero-order valence-electron chi connectivity index (χ0n) is 18.0. The van der Waals surface area contributed by atoms with E-state index in [4.69, 9.17) is 0 Å². The Labute approximate surface area is 188 Å². The number of imide groups is 1. The van der Waals surface area contributed by atoms with E-state index in [1.807, 2.05) is 38.1 Å². The lowest BCUT2D eigenvalue weighted by Gasteiger charge is -2.13. The Morgan fingerprint density at radius 2 is 1.76 bits per heavy atom. The maximum absolute atomic E-state index is 13.1. The molecule has 3 aromatic rings. The number of amides is 3. The number of benzene rings is 2. The fraction of sp³-hybridized carbons (Fsp3) is 0.174. The van der Waals surface area contributed by atoms with Crippen LogP contribution >= 0.6 is 0 Å². The van der Waals surface area contributed by atoms with Crippen LogP contribution in [0.1, 0.15) is 29.3 Å². The standard InChI is InChI=1S/C23H21N5O5/c1-3-19-18(21(29)27(25-19)16-8-10-17(11-9-16)28(32)33)12-20-22(30)26(23(31)24-20)13-15-7-5-4-6-14(15)2/h4-12,25H,3,13H2,1-2H3,(H,24,31)/b20-12-. The van der Waals surface area contributed by atoms with E-state index in [2.05, 4.69) is 10.4 Å². The van der Waals surface area contributed by atoms with E-state index in [0.29, 0.717) is 17.8 Å². The third-order valence-electron chi connectivity index (χ3n) is 5.52. The molecule has 1 aliphatic heterocycles. The van der Waals surface area contributed by atoms with Crippen LogP contribution in [0.25, 0.3) is 11.8 Å². The van der Waals surface area contributed by atoms with Gasteiger partial charge < -0.3 is 5.32 Å². The van der Waals surface area contributed by atoms with Crippen LogP contribution in [0.3, 0.4) is 0 Å². The molecule has 33 heavy (non-hydrogen) atoms. The molecule has 1 fully saturated rings. The molecule has 2 N–H and O–H groups in total. The summed E-state index contributed by atoms with van der Waals surface area (Å²) >= 11 is 0. The highest BCUT2D eigenvalue weighted by Gasteiger charge is 2.34. The van der Waals surface area contributed by atoms with Crippen molar-refractivity contribution < 1.29 is 14.5 Å². The highest BCUT2D eigenvalue weighted by atomic mass is 16.6. The molecule has 0 spiro atoms. The molecule has 4 rings (SSSR count). The van der Waals surface area contributed by atoms with E-state index >= 15 is 0 Å². The first-order valence-corrected chi connectivity index (χ1v) is 10.3. The fourth-order valence-electron chi connectivity index (χ4n) is 3.64. The number of aryl methyl sites for hydroxylation is 2. The molecule has 1 aliphatic rings. The topological polar surface area (TPSA) is 130 Å². The Kier molecular flexibility index (Phi) is 5.65. The minimum atomic E-state index is -0.557. The van der Waals surface area contributed by atoms with Gasteiger partial charge in [-0.1, -0.05) is 31.2 Å². The lowest BCUT2D eigenvalue weighted by molar-refractivity contribution is -0.384. The van der Waals surface area contributed by atoms with Crippen molar-refractivity contribution in [3.63, 3.8) is 0 Å². The second-order valence-corrected chi connectivity index (χ2v) is 7.58. The molecule has 0 saturated carbocycles. The first kappa shape index (κ1) is 21.8. The maximum atomic E-state index is 13.1. The van der Waals surface area contributed by atoms with Crippen LogP contribution in [0, 0.1) is 17.0 Å². The molecular formula is C23H21N5O5. The monoisotopic (exact) mass is 447 g/mol. The zero-order valence-corrected chi connectivity index (χ0v) is 18.0. The number of aromatic nitrogens is 2. The Morgan fingerprint density at radius 1 is 1.06 bits per heavy atom. The molecule has 0 unspecified atom stereocenters. The number of nitrogens with zero attached hydrogens (tertiary/aromatic N) is 3. The van der Waals surface area contributed by atoms with E-state index in [0.717, 1.165) is 16.0 Å². The van der Waals surface area contributed by atoms with Crippen LogP contribution in [0.2, 0.25) is 0 Å². The Morgan fingerprint density at radius 3 is 2.39 bits per heavy atom. The lowest BCUT2D eigenvalue weighted by Crippen LogP contribution is -2.30. The molecule has 0 aliphatic carbocycles. The second kappa shape index (κ2) is 8.58. The molecule has 2 aromatic carbocycles. The summed E-state index contributed by atoms with van der Waals surface area (Å²) in [7, 11) is 0. The van der Waals surface area contributed by atoms with E-state index in [1.54, 1.807) is 0 Å². The summed E-state index contributed by atoms with van der Waals surface area (Å²) in [5.41, 5.74) is 2.49. The number of hydrogen-bond donors (Lipinski definition) is 2. The van der Waals surface area contributed by atoms with Crippen molar-refractivity contribution in [2.75, 3.05) is 0 Å². The van der Waals surface area contributed by atoms with Crippen molar-refractivity contribution in [1.29, 1.82) is 0 Å². The van der Waals surface area contributed by atoms with Crippen molar-refractivity contribution in [3.05, 3.63) is 97.1 Å². The van der Waals surface area contributed by atoms with E-state index in [9.17, 15) is 24.5 Å². The number of nitro benzene ring substituents is 1. The minimum Gasteiger partial charge on any atom is -0.303 e. The molecule has 10 heteroatoms. The third-order valence-corrected chi connectivity index (χ3v) is 5.52. The molecule has 0 radical (unpaired) electrons. The van der Waals surface area contributed by atoms with Gasteiger partial charge in [0.1, 0.15) is 5.70 Å². The summed E-state index contributed by atoms with van der Waals surface area (Å²) < 4.78 is 1.25. The van der Waals surface area contributed by atoms with Crippen LogP contribution < -0.4 is 10.9 Å². The van der Waals surface area contributed by atoms with Gasteiger partial charge >= 0.3 is 6.03 Å². The van der Waals surface area contributed by atoms with Crippen molar-refractivity contribution in [2.45, 2.75) is 26.8 Å². The fourth-order valence-corrected chi connectivity index (χ4v) is 3.64. The number of carbonyl (C=O) groups excluding carboxylic acids is 2. The van der Waals surface area contributed by atoms with Crippen molar-refractivity contribution in [1.82, 2.24) is 20.0 Å². The van der Waals surface area contributed by atoms with E-state index < -0.39 is 22.4 Å². The van der Waals surface area contributed by atoms with Gasteiger partial charge in [-0.2, -0.15) is 0 Å². The third kappa shape index (κ3) is 4.05. The summed E-state index contributed by atoms with van der Waals surface area (Å²) in [6.45, 7) is 3.86. The number of nitro groups is 1. The van der Waals surface area contributed by atoms with E-state index in [-0.39, 0.29) is 23.5 Å². The van der Waals surface area contributed by atoms with Gasteiger partial charge in [0, 0.05) is 17.8 Å². The quantitative estimate of drug-likeness (QED) is 0.260. The second-order valence-electron chi connectivity index (χ2n) is 7.58. The van der Waals surface area contributed by atoms with Crippen LogP contribution in [-0.2, 0) is 17.8 Å². The molecule has 0 atom stereocenters. The number of nitrogens with one attached hydrogen (secondary N) is 2. The highest BCUT2D eigenvalue weighted by Crippen LogP contribution is 2.20. The Hall–Kier alpha value is -4.47. The van der Waals surface area contributed by atoms with Crippen LogP contribution in [-0.4, -0.2) is 31.5 Å². The zero-order chi connectivity index (χ0) is 23.7. The number of carbonyl (C=O) groups is 2. The predicted octanol–water partition coefficient (Wildman–Crippen LogP) is 3.04. The van der Waals surface area contributed by atoms with E-state index in [1.165, 1.54) is 35.0 Å². The molecule has 0 bridgehead atoms. The number of H-pyrrole nitrogens is 1. The van der Waals surface area contributed by atoms with Crippen LogP contribution in [0.5, 0.6) is 0 Å². The smallest absolute Gasteiger partial charge is 0.303 e. The molecule has 1 saturated heterocycles. The molecule has 2 heterocycles. The van der Waals surface area contributed by atoms with Crippen molar-refractivity contribution in [3.8, 4) is 5.69 Å². The number of hydrogen-bond acceptors (Lipinski definition) is 5. The van der Waals surface area contributed by atoms with Crippen molar-refractivity contribution >= 4 is 23.7 Å². The Balaban J connectivity index is 1.67. The number of urea groups is 1. The first-order valence-electron chi connectivity index (χ1n) is 10.3. The minimum absolute atomic E-state index is 0.00948. The number of rotatable bonds is 6. The lowest BCUT2D eigenvalue weighted by atomic mass is 10.1. The summed E-state index contributed by atoms with van der Waals surface area (Å²) in [4.78, 5) is 49.9. The van der Waals surface area contributed by atoms with Crippen LogP contribution in [0.15, 0.2) is 59.0 Å². The van der Waals surface area contributed by atoms with Gasteiger partial charge in [0.25, 0.3) is 17.2 Å². The van der Waals surface area contributed by atoms with Gasteiger partial charge in [0.15, 0.2) is 0 Å². The van der Waals surface area contributed by atoms with Crippen LogP contribution in [0.4, 0.5) is 10.5 Å². The number of non-ortho nitro benzene ring substituents is 1. The van der Waals surface area contributed by atoms with Gasteiger partial charge in [-0.25, -0.2) is 9.48 Å². The normalized spacial score (nSPS) is 14.7. The van der Waals surface area contributed by atoms with Gasteiger partial charge in [-0.05, 0) is 42.7 Å². The highest BCUT2D eigenvalue weighted by molar-refractivity contribution is 6.13. The molecule has 3 amide bonds. The molecular weight excluding hydrogens is 426 g/mol. The summed E-state index contributed by atoms with van der Waals surface area (Å²) in [6.07, 6.45) is 1.83. The SMILES string of the molecule is CCc1[nH]n(-c2ccc([N+](=O)[O-])cc2)c(=O)c1/C=C1\NC(=O)N(Cc2ccccc2C)C1=O. The summed E-state index contributed by atoms with van der Waals surface area (Å²) in [6, 6.07) is 12.4.